The molecule has 1 amide bonds. The number of aromatic nitrogens is 1. The standard InChI is InChI=1S/C23H31N3O2/c1-28-20-12-7-17(8-13-20)9-14-22(27)26-23(21-4-2-3-15-25-21)19-10-5-18(16-24)6-11-19/h2-4,7-8,12-13,15,18-19,23H,5-6,9-11,14,16,24H2,1H3,(H,26,27). The molecular weight excluding hydrogens is 350 g/mol. The molecule has 28 heavy (non-hydrogen) atoms. The highest BCUT2D eigenvalue weighted by Crippen LogP contribution is 2.36. The Morgan fingerprint density at radius 1 is 1.18 bits per heavy atom. The molecule has 0 aliphatic heterocycles. The summed E-state index contributed by atoms with van der Waals surface area (Å²) >= 11 is 0. The molecule has 0 bridgehead atoms. The third-order valence-electron chi connectivity index (χ3n) is 5.82. The molecule has 150 valence electrons. The highest BCUT2D eigenvalue weighted by atomic mass is 16.5. The molecule has 2 aromatic rings. The zero-order valence-electron chi connectivity index (χ0n) is 16.6. The van der Waals surface area contributed by atoms with E-state index in [0.29, 0.717) is 24.7 Å². The highest BCUT2D eigenvalue weighted by molar-refractivity contribution is 5.76. The Labute approximate surface area is 167 Å². The minimum Gasteiger partial charge on any atom is -0.497 e. The first-order valence-electron chi connectivity index (χ1n) is 10.2. The van der Waals surface area contributed by atoms with Crippen LogP contribution in [-0.4, -0.2) is 24.5 Å². The predicted molar refractivity (Wildman–Crippen MR) is 111 cm³/mol. The van der Waals surface area contributed by atoms with E-state index in [0.717, 1.165) is 49.2 Å². The molecule has 1 fully saturated rings. The van der Waals surface area contributed by atoms with E-state index in [1.807, 2.05) is 42.5 Å². The van der Waals surface area contributed by atoms with E-state index in [1.165, 1.54) is 0 Å². The first-order valence-corrected chi connectivity index (χ1v) is 10.2. The zero-order chi connectivity index (χ0) is 19.8. The van der Waals surface area contributed by atoms with Crippen molar-refractivity contribution in [1.29, 1.82) is 0 Å². The maximum Gasteiger partial charge on any atom is 0.220 e. The van der Waals surface area contributed by atoms with Crippen molar-refractivity contribution >= 4 is 5.91 Å². The molecule has 3 N–H and O–H groups in total. The van der Waals surface area contributed by atoms with E-state index in [2.05, 4.69) is 10.3 Å². The lowest BCUT2D eigenvalue weighted by Gasteiger charge is -2.33. The quantitative estimate of drug-likeness (QED) is 0.732. The van der Waals surface area contributed by atoms with E-state index in [4.69, 9.17) is 10.5 Å². The Balaban J connectivity index is 1.61. The second-order valence-electron chi connectivity index (χ2n) is 7.66. The Hall–Kier alpha value is -2.40. The lowest BCUT2D eigenvalue weighted by molar-refractivity contribution is -0.122. The average molecular weight is 382 g/mol. The third kappa shape index (κ3) is 5.55. The maximum absolute atomic E-state index is 12.7. The molecule has 5 heteroatoms. The number of rotatable bonds is 8. The van der Waals surface area contributed by atoms with Gasteiger partial charge in [-0.1, -0.05) is 18.2 Å². The number of carbonyl (C=O) groups is 1. The summed E-state index contributed by atoms with van der Waals surface area (Å²) in [7, 11) is 1.65. The van der Waals surface area contributed by atoms with E-state index in [1.54, 1.807) is 13.3 Å². The smallest absolute Gasteiger partial charge is 0.220 e. The summed E-state index contributed by atoms with van der Waals surface area (Å²) in [5.74, 6) is 1.94. The number of nitrogens with one attached hydrogen (secondary N) is 1. The van der Waals surface area contributed by atoms with Crippen LogP contribution in [0.4, 0.5) is 0 Å². The molecule has 0 radical (unpaired) electrons. The number of carbonyl (C=O) groups excluding carboxylic acids is 1. The van der Waals surface area contributed by atoms with Crippen LogP contribution < -0.4 is 15.8 Å². The van der Waals surface area contributed by atoms with E-state index in [-0.39, 0.29) is 11.9 Å². The monoisotopic (exact) mass is 381 g/mol. The number of amides is 1. The first-order chi connectivity index (χ1) is 13.7. The van der Waals surface area contributed by atoms with Crippen molar-refractivity contribution in [3.8, 4) is 5.75 Å². The van der Waals surface area contributed by atoms with Gasteiger partial charge in [0.2, 0.25) is 5.91 Å². The SMILES string of the molecule is COc1ccc(CCC(=O)NC(c2ccccn2)C2CCC(CN)CC2)cc1. The summed E-state index contributed by atoms with van der Waals surface area (Å²) < 4.78 is 5.19. The van der Waals surface area contributed by atoms with Crippen molar-refractivity contribution < 1.29 is 9.53 Å². The van der Waals surface area contributed by atoms with Gasteiger partial charge in [-0.2, -0.15) is 0 Å². The van der Waals surface area contributed by atoms with Crippen molar-refractivity contribution in [2.45, 2.75) is 44.6 Å². The fourth-order valence-electron chi connectivity index (χ4n) is 4.05. The van der Waals surface area contributed by atoms with Gasteiger partial charge in [-0.15, -0.1) is 0 Å². The minimum absolute atomic E-state index is 0.0247. The van der Waals surface area contributed by atoms with Gasteiger partial charge in [0.1, 0.15) is 5.75 Å². The molecule has 0 saturated heterocycles. The van der Waals surface area contributed by atoms with E-state index in [9.17, 15) is 4.79 Å². The number of hydrogen-bond donors (Lipinski definition) is 2. The van der Waals surface area contributed by atoms with Crippen LogP contribution in [-0.2, 0) is 11.2 Å². The maximum atomic E-state index is 12.7. The van der Waals surface area contributed by atoms with Crippen LogP contribution in [0.3, 0.4) is 0 Å². The van der Waals surface area contributed by atoms with Crippen molar-refractivity contribution in [3.05, 3.63) is 59.9 Å². The van der Waals surface area contributed by atoms with E-state index < -0.39 is 0 Å². The Morgan fingerprint density at radius 2 is 1.93 bits per heavy atom. The Morgan fingerprint density at radius 3 is 2.54 bits per heavy atom. The Bertz CT molecular complexity index is 725. The van der Waals surface area contributed by atoms with Gasteiger partial charge in [0.25, 0.3) is 0 Å². The fourth-order valence-corrected chi connectivity index (χ4v) is 4.05. The van der Waals surface area contributed by atoms with Gasteiger partial charge in [0, 0.05) is 12.6 Å². The molecule has 3 rings (SSSR count). The molecule has 1 aromatic carbocycles. The van der Waals surface area contributed by atoms with Crippen molar-refractivity contribution in [3.63, 3.8) is 0 Å². The number of hydrogen-bond acceptors (Lipinski definition) is 4. The third-order valence-corrected chi connectivity index (χ3v) is 5.82. The molecule has 1 heterocycles. The van der Waals surface area contributed by atoms with Crippen molar-refractivity contribution in [2.24, 2.45) is 17.6 Å². The summed E-state index contributed by atoms with van der Waals surface area (Å²) in [5, 5.41) is 3.27. The zero-order valence-corrected chi connectivity index (χ0v) is 16.6. The number of aryl methyl sites for hydroxylation is 1. The molecule has 1 atom stereocenters. The van der Waals surface area contributed by atoms with Crippen LogP contribution in [0.1, 0.15) is 49.4 Å². The normalized spacial score (nSPS) is 20.4. The number of methoxy groups -OCH3 is 1. The fraction of sp³-hybridized carbons (Fsp3) is 0.478. The highest BCUT2D eigenvalue weighted by Gasteiger charge is 2.30. The van der Waals surface area contributed by atoms with Gasteiger partial charge < -0.3 is 15.8 Å². The number of nitrogens with zero attached hydrogens (tertiary/aromatic N) is 1. The van der Waals surface area contributed by atoms with Crippen LogP contribution in [0.25, 0.3) is 0 Å². The lowest BCUT2D eigenvalue weighted by Crippen LogP contribution is -2.36. The molecule has 1 unspecified atom stereocenters. The summed E-state index contributed by atoms with van der Waals surface area (Å²) in [6.07, 6.45) is 7.41. The average Bonchev–Trinajstić information content (AvgIpc) is 2.77. The molecule has 1 aromatic heterocycles. The van der Waals surface area contributed by atoms with Gasteiger partial charge in [0.05, 0.1) is 18.8 Å². The molecular formula is C23H31N3O2. The second kappa shape index (κ2) is 10.2. The Kier molecular flexibility index (Phi) is 7.43. The van der Waals surface area contributed by atoms with Crippen LogP contribution in [0.5, 0.6) is 5.75 Å². The molecule has 0 spiro atoms. The van der Waals surface area contributed by atoms with Crippen molar-refractivity contribution in [1.82, 2.24) is 10.3 Å². The van der Waals surface area contributed by atoms with Crippen molar-refractivity contribution in [2.75, 3.05) is 13.7 Å². The van der Waals surface area contributed by atoms with Crippen LogP contribution in [0.2, 0.25) is 0 Å². The number of nitrogens with two attached hydrogens (primary N) is 1. The first kappa shape index (κ1) is 20.3. The van der Waals surface area contributed by atoms with Gasteiger partial charge in [-0.25, -0.2) is 0 Å². The van der Waals surface area contributed by atoms with Crippen LogP contribution >= 0.6 is 0 Å². The summed E-state index contributed by atoms with van der Waals surface area (Å²) in [4.78, 5) is 17.2. The topological polar surface area (TPSA) is 77.2 Å². The number of benzene rings is 1. The van der Waals surface area contributed by atoms with Gasteiger partial charge in [-0.3, -0.25) is 9.78 Å². The molecule has 5 nitrogen and oxygen atoms in total. The van der Waals surface area contributed by atoms with Gasteiger partial charge in [-0.05, 0) is 80.3 Å². The number of ether oxygens (including phenoxy) is 1. The second-order valence-corrected chi connectivity index (χ2v) is 7.66. The lowest BCUT2D eigenvalue weighted by atomic mass is 9.77. The van der Waals surface area contributed by atoms with Crippen LogP contribution in [0, 0.1) is 11.8 Å². The minimum atomic E-state index is -0.0247. The largest absolute Gasteiger partial charge is 0.497 e. The predicted octanol–water partition coefficient (Wildman–Crippen LogP) is 3.65. The van der Waals surface area contributed by atoms with Crippen LogP contribution in [0.15, 0.2) is 48.7 Å². The summed E-state index contributed by atoms with van der Waals surface area (Å²) in [6.45, 7) is 0.759. The summed E-state index contributed by atoms with van der Waals surface area (Å²) in [6, 6.07) is 13.8. The molecule has 1 aliphatic rings. The number of pyridine rings is 1. The van der Waals surface area contributed by atoms with Gasteiger partial charge in [0.15, 0.2) is 0 Å². The molecule has 1 saturated carbocycles. The summed E-state index contributed by atoms with van der Waals surface area (Å²) in [5.41, 5.74) is 7.93. The van der Waals surface area contributed by atoms with E-state index >= 15 is 0 Å². The van der Waals surface area contributed by atoms with Gasteiger partial charge >= 0.3 is 0 Å². The molecule has 1 aliphatic carbocycles.